The van der Waals surface area contributed by atoms with Gasteiger partial charge >= 0.3 is 121 Å². The molecule has 2 aromatic rings. The Kier molecular flexibility index (Phi) is 55.7. The molecule has 4 N–H and O–H groups in total. The number of anilines is 2. The average molecular weight is 1620 g/mol. The third kappa shape index (κ3) is 43.4. The summed E-state index contributed by atoms with van der Waals surface area (Å²) in [5.41, 5.74) is 11.6. The van der Waals surface area contributed by atoms with Crippen LogP contribution >= 0.6 is 177 Å². The predicted molar refractivity (Wildman–Crippen MR) is 265 cm³/mol. The number of aromatic nitrogens is 2. The summed E-state index contributed by atoms with van der Waals surface area (Å²) < 4.78 is 14.8. The number of nitrogens with two attached hydrogens (primary N) is 2. The van der Waals surface area contributed by atoms with E-state index >= 15 is 0 Å². The van der Waals surface area contributed by atoms with Crippen LogP contribution in [0.2, 0.25) is 6.82 Å². The SMILES string of the molecule is CB1OC(C)(C)C(C)(C)O1.CC.CC(C)I.Cc1cc(Br)cnc1N.Nc1ncc(Br)cc1I.[CH2-]C.[CH2-]C.[I][V]([I])[I].[I][V][I]. The first-order valence-electron chi connectivity index (χ1n) is 13.2. The number of aryl methyl sites for hydroxylation is 1. The van der Waals surface area contributed by atoms with E-state index in [0.717, 1.165) is 22.0 Å². The first-order valence-corrected chi connectivity index (χ1v) is 39.6. The molecule has 18 heteroatoms. The van der Waals surface area contributed by atoms with Crippen molar-refractivity contribution in [1.82, 2.24) is 9.97 Å². The zero-order valence-corrected chi connectivity index (χ0v) is 49.1. The zero-order valence-electron chi connectivity index (χ0n) is 28.0. The summed E-state index contributed by atoms with van der Waals surface area (Å²) in [6.07, 6.45) is 3.36. The minimum atomic E-state index is -0.278. The fourth-order valence-corrected chi connectivity index (χ4v) is 3.79. The van der Waals surface area contributed by atoms with Crippen LogP contribution in [0.25, 0.3) is 0 Å². The number of nitrogens with zero attached hydrogens (tertiary/aromatic N) is 2. The van der Waals surface area contributed by atoms with Gasteiger partial charge in [0.2, 0.25) is 0 Å². The second-order valence-corrected chi connectivity index (χ2v) is 61.1. The van der Waals surface area contributed by atoms with E-state index in [1.54, 1.807) is 26.2 Å². The summed E-state index contributed by atoms with van der Waals surface area (Å²) >= 11 is 23.2. The monoisotopic (exact) mass is 1620 g/mol. The van der Waals surface area contributed by atoms with Crippen LogP contribution in [0.4, 0.5) is 11.6 Å². The Balaban J connectivity index is -0.000000102. The molecule has 0 spiro atoms. The fourth-order valence-electron chi connectivity index (χ4n) is 2.11. The summed E-state index contributed by atoms with van der Waals surface area (Å²) in [7, 11) is 0.563. The Labute approximate surface area is 387 Å². The van der Waals surface area contributed by atoms with Crippen molar-refractivity contribution in [2.24, 2.45) is 0 Å². The summed E-state index contributed by atoms with van der Waals surface area (Å²) in [4.78, 5) is 7.53. The Morgan fingerprint density at radius 3 is 1.31 bits per heavy atom. The summed E-state index contributed by atoms with van der Waals surface area (Å²) in [5.74, 6) is 1.18. The van der Waals surface area contributed by atoms with Crippen molar-refractivity contribution < 1.29 is 23.7 Å². The maximum absolute atomic E-state index is 5.54. The van der Waals surface area contributed by atoms with Gasteiger partial charge in [0.05, 0.1) is 14.8 Å². The van der Waals surface area contributed by atoms with Gasteiger partial charge in [-0.05, 0) is 114 Å². The molecular formula is C27H49BBr2I7N4O2V2-2. The molecule has 0 bridgehead atoms. The van der Waals surface area contributed by atoms with Gasteiger partial charge in [-0.25, -0.2) is 9.97 Å². The van der Waals surface area contributed by atoms with E-state index < -0.39 is 0 Å². The van der Waals surface area contributed by atoms with Crippen LogP contribution in [0.5, 0.6) is 0 Å². The third-order valence-corrected chi connectivity index (χ3v) is 6.02. The zero-order chi connectivity index (χ0) is 37.6. The molecule has 0 atom stereocenters. The molecule has 45 heavy (non-hydrogen) atoms. The van der Waals surface area contributed by atoms with Gasteiger partial charge in [-0.3, -0.25) is 0 Å². The number of nitrogen functional groups attached to an aromatic ring is 2. The van der Waals surface area contributed by atoms with Gasteiger partial charge in [-0.1, -0.05) is 50.3 Å². The number of rotatable bonds is 0. The van der Waals surface area contributed by atoms with Crippen molar-refractivity contribution in [3.8, 4) is 0 Å². The van der Waals surface area contributed by atoms with E-state index in [1.807, 2.05) is 39.7 Å². The van der Waals surface area contributed by atoms with Gasteiger partial charge in [0.25, 0.3) is 0 Å². The molecule has 0 aromatic carbocycles. The van der Waals surface area contributed by atoms with Crippen molar-refractivity contribution in [1.29, 1.82) is 0 Å². The van der Waals surface area contributed by atoms with Crippen molar-refractivity contribution in [3.63, 3.8) is 0 Å². The molecule has 3 heterocycles. The summed E-state index contributed by atoms with van der Waals surface area (Å²) in [5, 5.41) is 0. The fraction of sp³-hybridized carbons (Fsp3) is 0.556. The molecular weight excluding hydrogens is 1570 g/mol. The second kappa shape index (κ2) is 40.3. The number of alkyl halides is 1. The van der Waals surface area contributed by atoms with E-state index in [1.165, 1.54) is 0 Å². The average Bonchev–Trinajstić information content (AvgIpc) is 3.12. The quantitative estimate of drug-likeness (QED) is 0.118. The van der Waals surface area contributed by atoms with Crippen LogP contribution < -0.4 is 11.5 Å². The molecule has 0 unspecified atom stereocenters. The molecule has 267 valence electrons. The van der Waals surface area contributed by atoms with Crippen LogP contribution in [0.15, 0.2) is 33.5 Å². The van der Waals surface area contributed by atoms with Gasteiger partial charge in [0.15, 0.2) is 0 Å². The second-order valence-electron chi connectivity index (χ2n) is 8.47. The summed E-state index contributed by atoms with van der Waals surface area (Å²) in [6.45, 7) is 30.4. The molecule has 1 aliphatic rings. The topological polar surface area (TPSA) is 96.3 Å². The normalized spacial score (nSPS) is 12.6. The molecule has 0 aliphatic carbocycles. The van der Waals surface area contributed by atoms with Crippen molar-refractivity contribution >= 4 is 196 Å². The van der Waals surface area contributed by atoms with Crippen LogP contribution in [0.3, 0.4) is 0 Å². The molecule has 6 nitrogen and oxygen atoms in total. The van der Waals surface area contributed by atoms with E-state index in [4.69, 9.17) is 20.8 Å². The minimum absolute atomic E-state index is 0.0648. The van der Waals surface area contributed by atoms with Crippen LogP contribution in [0.1, 0.15) is 74.8 Å². The number of halogens is 9. The standard InChI is InChI=1S/C7H15BO2.C6H7BrN2.C5H4BrIN2.C3H7I.C2H6.2C2H5.5HI.2V/c1-6(2)7(3,4)10-8(5)9-6;1-4-2-5(7)3-9-6(4)8;6-3-1-4(7)5(8)9-2-3;1-3(2)4;3*1-2;;;;;;;/h1-5H3;2-3H,1H3,(H2,8,9);1-2H,(H2,8,9);3H,1-2H3;1-2H3;2*1H2,2H3;5*1H;;/q;;;;;2*-1;;;;;;+2;+3/p-5. The van der Waals surface area contributed by atoms with Gasteiger partial charge in [0, 0.05) is 25.3 Å². The van der Waals surface area contributed by atoms with Gasteiger partial charge in [-0.2, -0.15) is 13.8 Å². The molecule has 0 saturated carbocycles. The Bertz CT molecular complexity index is 872. The molecule has 1 fully saturated rings. The Morgan fingerprint density at radius 2 is 1.13 bits per heavy atom. The van der Waals surface area contributed by atoms with Crippen LogP contribution in [0, 0.1) is 24.3 Å². The van der Waals surface area contributed by atoms with Crippen LogP contribution in [-0.4, -0.2) is 32.2 Å². The third-order valence-electron chi connectivity index (χ3n) is 4.29. The maximum atomic E-state index is 5.54. The molecule has 3 rings (SSSR count). The molecule has 2 aromatic heterocycles. The van der Waals surface area contributed by atoms with Crippen molar-refractivity contribution in [2.45, 2.75) is 98.1 Å². The first kappa shape index (κ1) is 62.1. The molecule has 0 amide bonds. The van der Waals surface area contributed by atoms with E-state index in [-0.39, 0.29) is 23.2 Å². The molecule has 0 radical (unpaired) electrons. The van der Waals surface area contributed by atoms with E-state index in [9.17, 15) is 0 Å². The first-order chi connectivity index (χ1) is 20.6. The number of pyridine rings is 2. The van der Waals surface area contributed by atoms with E-state index in [2.05, 4.69) is 242 Å². The van der Waals surface area contributed by atoms with Crippen molar-refractivity contribution in [3.05, 3.63) is 56.5 Å². The molecule has 1 aliphatic heterocycles. The Morgan fingerprint density at radius 1 is 0.867 bits per heavy atom. The predicted octanol–water partition coefficient (Wildman–Crippen LogP) is 14.4. The van der Waals surface area contributed by atoms with Crippen LogP contribution in [-0.2, 0) is 23.7 Å². The molecule has 1 saturated heterocycles. The van der Waals surface area contributed by atoms with Gasteiger partial charge in [0.1, 0.15) is 11.6 Å². The van der Waals surface area contributed by atoms with Crippen molar-refractivity contribution in [2.75, 3.05) is 11.5 Å². The van der Waals surface area contributed by atoms with Gasteiger partial charge in [-0.15, -0.1) is 0 Å². The number of hydrogen-bond donors (Lipinski definition) is 2. The van der Waals surface area contributed by atoms with E-state index in [0.29, 0.717) is 21.1 Å². The van der Waals surface area contributed by atoms with Gasteiger partial charge < -0.3 is 34.6 Å². The summed E-state index contributed by atoms with van der Waals surface area (Å²) in [6, 6.07) is 3.85. The Hall–Kier alpha value is 5.12. The number of hydrogen-bond acceptors (Lipinski definition) is 6.